The van der Waals surface area contributed by atoms with E-state index in [0.29, 0.717) is 18.4 Å². The smallest absolute Gasteiger partial charge is 0.334 e. The lowest BCUT2D eigenvalue weighted by atomic mass is 9.39. The summed E-state index contributed by atoms with van der Waals surface area (Å²) in [6, 6.07) is 0. The molecule has 0 bridgehead atoms. The fourth-order valence-electron chi connectivity index (χ4n) is 7.40. The molecule has 0 aromatic heterocycles. The molecular formula is C22H32O4. The molecule has 1 saturated heterocycles. The van der Waals surface area contributed by atoms with Gasteiger partial charge in [0.05, 0.1) is 6.61 Å². The fourth-order valence-corrected chi connectivity index (χ4v) is 7.40. The number of fused-ring (bicyclic) bond motifs is 5. The summed E-state index contributed by atoms with van der Waals surface area (Å²) in [5.41, 5.74) is 1.04. The van der Waals surface area contributed by atoms with E-state index in [4.69, 9.17) is 9.47 Å². The summed E-state index contributed by atoms with van der Waals surface area (Å²) in [6.45, 7) is 11.4. The van der Waals surface area contributed by atoms with Gasteiger partial charge in [-0.25, -0.2) is 4.79 Å². The van der Waals surface area contributed by atoms with Crippen molar-refractivity contribution in [2.24, 2.45) is 34.0 Å². The molecule has 26 heavy (non-hydrogen) atoms. The third-order valence-electron chi connectivity index (χ3n) is 8.59. The Hall–Kier alpha value is -1.32. The number of allylic oxidation sites excluding steroid dienone is 1. The van der Waals surface area contributed by atoms with Crippen LogP contribution in [0.25, 0.3) is 0 Å². The highest BCUT2D eigenvalue weighted by Gasteiger charge is 2.67. The zero-order valence-corrected chi connectivity index (χ0v) is 16.8. The van der Waals surface area contributed by atoms with Crippen molar-refractivity contribution in [2.75, 3.05) is 6.61 Å². The molecule has 0 spiro atoms. The molecule has 4 nitrogen and oxygen atoms in total. The van der Waals surface area contributed by atoms with Crippen molar-refractivity contribution in [2.45, 2.75) is 72.8 Å². The summed E-state index contributed by atoms with van der Waals surface area (Å²) >= 11 is 0. The van der Waals surface area contributed by atoms with Crippen molar-refractivity contribution in [1.82, 2.24) is 0 Å². The van der Waals surface area contributed by atoms with Crippen LogP contribution >= 0.6 is 0 Å². The monoisotopic (exact) mass is 360 g/mol. The maximum Gasteiger partial charge on any atom is 0.334 e. The van der Waals surface area contributed by atoms with Gasteiger partial charge in [-0.15, -0.1) is 0 Å². The first-order valence-electron chi connectivity index (χ1n) is 10.1. The Morgan fingerprint density at radius 2 is 1.92 bits per heavy atom. The Morgan fingerprint density at radius 3 is 2.62 bits per heavy atom. The molecule has 0 N–H and O–H groups in total. The van der Waals surface area contributed by atoms with Crippen LogP contribution in [0.2, 0.25) is 0 Å². The van der Waals surface area contributed by atoms with E-state index in [1.165, 1.54) is 26.2 Å². The van der Waals surface area contributed by atoms with Crippen LogP contribution in [0.5, 0.6) is 0 Å². The normalized spacial score (nSPS) is 46.3. The van der Waals surface area contributed by atoms with Gasteiger partial charge in [0.2, 0.25) is 0 Å². The van der Waals surface area contributed by atoms with Crippen LogP contribution in [0.4, 0.5) is 0 Å². The summed E-state index contributed by atoms with van der Waals surface area (Å²) in [7, 11) is 0. The van der Waals surface area contributed by atoms with Crippen LogP contribution in [0.3, 0.4) is 0 Å². The number of esters is 2. The van der Waals surface area contributed by atoms with Crippen molar-refractivity contribution in [3.63, 3.8) is 0 Å². The van der Waals surface area contributed by atoms with Crippen LogP contribution in [0.1, 0.15) is 66.7 Å². The molecule has 4 heteroatoms. The van der Waals surface area contributed by atoms with E-state index in [1.807, 2.05) is 0 Å². The molecule has 144 valence electrons. The fraction of sp³-hybridized carbons (Fsp3) is 0.818. The van der Waals surface area contributed by atoms with Crippen LogP contribution in [0.15, 0.2) is 11.6 Å². The second-order valence-electron chi connectivity index (χ2n) is 10.2. The summed E-state index contributed by atoms with van der Waals surface area (Å²) < 4.78 is 11.4. The maximum atomic E-state index is 12.2. The summed E-state index contributed by atoms with van der Waals surface area (Å²) in [5, 5.41) is 0. The predicted octanol–water partition coefficient (Wildman–Crippen LogP) is 4.28. The molecule has 4 rings (SSSR count). The molecule has 0 radical (unpaired) electrons. The first-order valence-corrected chi connectivity index (χ1v) is 10.1. The van der Waals surface area contributed by atoms with Gasteiger partial charge in [-0.2, -0.15) is 0 Å². The van der Waals surface area contributed by atoms with Crippen molar-refractivity contribution >= 4 is 11.9 Å². The van der Waals surface area contributed by atoms with E-state index in [1.54, 1.807) is 0 Å². The molecule has 1 aliphatic heterocycles. The average Bonchev–Trinajstić information content (AvgIpc) is 2.91. The van der Waals surface area contributed by atoms with Crippen molar-refractivity contribution < 1.29 is 19.1 Å². The van der Waals surface area contributed by atoms with E-state index >= 15 is 0 Å². The van der Waals surface area contributed by atoms with E-state index in [2.05, 4.69) is 33.8 Å². The number of hydrogen-bond donors (Lipinski definition) is 0. The summed E-state index contributed by atoms with van der Waals surface area (Å²) in [6.07, 6.45) is 7.47. The lowest BCUT2D eigenvalue weighted by Gasteiger charge is -2.66. The quantitative estimate of drug-likeness (QED) is 0.655. The zero-order valence-electron chi connectivity index (χ0n) is 16.8. The zero-order chi connectivity index (χ0) is 18.9. The molecule has 6 atom stereocenters. The molecule has 3 fully saturated rings. The number of ether oxygens (including phenoxy) is 2. The first kappa shape index (κ1) is 18.1. The standard InChI is InChI=1S/C22H32O4/c1-13(23)26-18-11-17-20(2,3)9-6-10-21(17,4)16-8-7-14-15(22(16,18)5)12-25-19(14)24/h7,15-18H,6,8-12H2,1-5H3/t15-,16-,17+,18-,21-,22+/m1/s1. The van der Waals surface area contributed by atoms with E-state index in [9.17, 15) is 9.59 Å². The minimum absolute atomic E-state index is 0.0425. The van der Waals surface area contributed by atoms with E-state index < -0.39 is 0 Å². The minimum atomic E-state index is -0.236. The molecule has 1 heterocycles. The van der Waals surface area contributed by atoms with Crippen LogP contribution < -0.4 is 0 Å². The van der Waals surface area contributed by atoms with Crippen LogP contribution in [-0.2, 0) is 19.1 Å². The maximum absolute atomic E-state index is 12.2. The molecule has 0 unspecified atom stereocenters. The topological polar surface area (TPSA) is 52.6 Å². The van der Waals surface area contributed by atoms with Gasteiger partial charge in [0, 0.05) is 23.8 Å². The molecule has 0 aromatic carbocycles. The minimum Gasteiger partial charge on any atom is -0.462 e. The molecule has 3 aliphatic carbocycles. The number of rotatable bonds is 1. The van der Waals surface area contributed by atoms with Gasteiger partial charge in [0.25, 0.3) is 0 Å². The first-order chi connectivity index (χ1) is 12.1. The second-order valence-corrected chi connectivity index (χ2v) is 10.2. The third kappa shape index (κ3) is 2.26. The number of cyclic esters (lactones) is 1. The molecule has 0 aromatic rings. The predicted molar refractivity (Wildman–Crippen MR) is 98.1 cm³/mol. The van der Waals surface area contributed by atoms with Gasteiger partial charge in [-0.1, -0.05) is 40.2 Å². The Balaban J connectivity index is 1.83. The van der Waals surface area contributed by atoms with Crippen LogP contribution in [-0.4, -0.2) is 24.6 Å². The second kappa shape index (κ2) is 5.59. The molecule has 4 aliphatic rings. The van der Waals surface area contributed by atoms with Gasteiger partial charge in [0.15, 0.2) is 0 Å². The lowest BCUT2D eigenvalue weighted by molar-refractivity contribution is -0.214. The Bertz CT molecular complexity index is 678. The number of hydrogen-bond acceptors (Lipinski definition) is 4. The van der Waals surface area contributed by atoms with Gasteiger partial charge in [-0.05, 0) is 48.3 Å². The summed E-state index contributed by atoms with van der Waals surface area (Å²) in [4.78, 5) is 24.2. The van der Waals surface area contributed by atoms with E-state index in [0.717, 1.165) is 18.4 Å². The van der Waals surface area contributed by atoms with Gasteiger partial charge in [0.1, 0.15) is 6.10 Å². The third-order valence-corrected chi connectivity index (χ3v) is 8.59. The Kier molecular flexibility index (Phi) is 3.88. The highest BCUT2D eigenvalue weighted by atomic mass is 16.5. The highest BCUT2D eigenvalue weighted by molar-refractivity contribution is 5.91. The SMILES string of the molecule is CC(=O)O[C@@H]1C[C@H]2C(C)(C)CCC[C@]2(C)[C@H]2CC=C3C(=O)OC[C@H]3[C@@]21C. The largest absolute Gasteiger partial charge is 0.462 e. The molecule has 0 amide bonds. The van der Waals surface area contributed by atoms with Crippen molar-refractivity contribution in [3.8, 4) is 0 Å². The van der Waals surface area contributed by atoms with Gasteiger partial charge < -0.3 is 9.47 Å². The average molecular weight is 360 g/mol. The van der Waals surface area contributed by atoms with Crippen LogP contribution in [0, 0.1) is 34.0 Å². The summed E-state index contributed by atoms with van der Waals surface area (Å²) in [5.74, 6) is 0.585. The van der Waals surface area contributed by atoms with Gasteiger partial charge in [-0.3, -0.25) is 4.79 Å². The van der Waals surface area contributed by atoms with Crippen molar-refractivity contribution in [1.29, 1.82) is 0 Å². The molecular weight excluding hydrogens is 328 g/mol. The lowest BCUT2D eigenvalue weighted by Crippen LogP contribution is -2.64. The van der Waals surface area contributed by atoms with Crippen molar-refractivity contribution in [3.05, 3.63) is 11.6 Å². The van der Waals surface area contributed by atoms with Gasteiger partial charge >= 0.3 is 11.9 Å². The molecule has 2 saturated carbocycles. The Morgan fingerprint density at radius 1 is 1.19 bits per heavy atom. The Labute approximate surface area is 156 Å². The van der Waals surface area contributed by atoms with E-state index in [-0.39, 0.29) is 40.2 Å². The number of carbonyl (C=O) groups is 2. The number of carbonyl (C=O) groups excluding carboxylic acids is 2. The highest BCUT2D eigenvalue weighted by Crippen LogP contribution is 2.69.